The van der Waals surface area contributed by atoms with Crippen molar-refractivity contribution in [2.45, 2.75) is 78.1 Å². The molecule has 4 nitrogen and oxygen atoms in total. The van der Waals surface area contributed by atoms with E-state index in [1.807, 2.05) is 24.3 Å². The number of fused-ring (bicyclic) bond motifs is 2. The molecule has 7 aromatic rings. The van der Waals surface area contributed by atoms with Crippen LogP contribution in [0.1, 0.15) is 86.7 Å². The topological polar surface area (TPSA) is 63.6 Å². The summed E-state index contributed by atoms with van der Waals surface area (Å²) in [6.07, 6.45) is 11.2. The molecule has 0 aliphatic carbocycles. The van der Waals surface area contributed by atoms with Crippen LogP contribution in [0.5, 0.6) is 5.75 Å². The Labute approximate surface area is 294 Å². The third-order valence-corrected chi connectivity index (χ3v) is 10.5. The number of carboxylic acid groups (broad SMARTS) is 1. The van der Waals surface area contributed by atoms with Crippen LogP contribution in [0.4, 0.5) is 0 Å². The standard InChI is InChI=1S/C46H44O4/c1-3-5-7-9-13-30-19-20-32(46(48)49)27-42(30)34-23-25-40-41-26-24-35(43-28-33(50-29-47)22-21-31(43)14-10-8-6-4-2)37-16-12-18-39(45(37)41)38-17-11-15-36(34)44(38)40/h11-12,15-29H,3-10,13-14H2,1-2H3,(H,48,49). The van der Waals surface area contributed by atoms with Gasteiger partial charge in [-0.25, -0.2) is 4.79 Å². The molecule has 0 bridgehead atoms. The summed E-state index contributed by atoms with van der Waals surface area (Å²) >= 11 is 0. The van der Waals surface area contributed by atoms with Crippen molar-refractivity contribution in [3.63, 3.8) is 0 Å². The highest BCUT2D eigenvalue weighted by molar-refractivity contribution is 6.35. The van der Waals surface area contributed by atoms with Crippen molar-refractivity contribution in [3.8, 4) is 28.0 Å². The van der Waals surface area contributed by atoms with Crippen LogP contribution in [-0.2, 0) is 17.6 Å². The lowest BCUT2D eigenvalue weighted by atomic mass is 9.83. The molecule has 50 heavy (non-hydrogen) atoms. The van der Waals surface area contributed by atoms with Crippen molar-refractivity contribution in [1.29, 1.82) is 0 Å². The SMILES string of the molecule is CCCCCCc1ccc(OC=O)cc1-c1ccc2c3ccc(-c4cc(C(=O)O)ccc4CCCCCC)c4cccc(c5cccc1c52)c43. The summed E-state index contributed by atoms with van der Waals surface area (Å²) in [5, 5.41) is 19.4. The molecule has 0 saturated carbocycles. The Balaban J connectivity index is 1.43. The van der Waals surface area contributed by atoms with Crippen LogP contribution >= 0.6 is 0 Å². The highest BCUT2D eigenvalue weighted by atomic mass is 16.5. The lowest BCUT2D eigenvalue weighted by Gasteiger charge is -2.20. The minimum Gasteiger partial charge on any atom is -0.478 e. The molecule has 0 aromatic heterocycles. The molecule has 0 saturated heterocycles. The van der Waals surface area contributed by atoms with Gasteiger partial charge in [0.05, 0.1) is 5.56 Å². The molecule has 0 aliphatic heterocycles. The van der Waals surface area contributed by atoms with Gasteiger partial charge in [0.15, 0.2) is 0 Å². The van der Waals surface area contributed by atoms with Gasteiger partial charge in [-0.2, -0.15) is 0 Å². The highest BCUT2D eigenvalue weighted by Gasteiger charge is 2.20. The van der Waals surface area contributed by atoms with Gasteiger partial charge in [0.2, 0.25) is 0 Å². The van der Waals surface area contributed by atoms with E-state index in [1.54, 1.807) is 6.07 Å². The molecule has 7 aromatic carbocycles. The van der Waals surface area contributed by atoms with Crippen LogP contribution in [0.25, 0.3) is 65.3 Å². The van der Waals surface area contributed by atoms with Gasteiger partial charge in [0.25, 0.3) is 6.47 Å². The first kappa shape index (κ1) is 33.3. The first-order valence-corrected chi connectivity index (χ1v) is 18.3. The molecule has 0 atom stereocenters. The molecule has 0 fully saturated rings. The highest BCUT2D eigenvalue weighted by Crippen LogP contribution is 2.46. The number of rotatable bonds is 15. The fraction of sp³-hybridized carbons (Fsp3) is 0.261. The quantitative estimate of drug-likeness (QED) is 0.0514. The average molecular weight is 661 g/mol. The molecule has 0 aliphatic rings. The molecular weight excluding hydrogens is 617 g/mol. The smallest absolute Gasteiger partial charge is 0.335 e. The van der Waals surface area contributed by atoms with Crippen molar-refractivity contribution >= 4 is 55.5 Å². The van der Waals surface area contributed by atoms with Crippen molar-refractivity contribution in [2.24, 2.45) is 0 Å². The van der Waals surface area contributed by atoms with Crippen LogP contribution in [0, 0.1) is 0 Å². The Hall–Kier alpha value is -5.22. The molecule has 7 rings (SSSR count). The zero-order valence-electron chi connectivity index (χ0n) is 29.1. The zero-order valence-corrected chi connectivity index (χ0v) is 29.1. The summed E-state index contributed by atoms with van der Waals surface area (Å²) in [6.45, 7) is 4.95. The van der Waals surface area contributed by atoms with Gasteiger partial charge in [-0.15, -0.1) is 0 Å². The predicted octanol–water partition coefficient (Wildman–Crippen LogP) is 12.6. The first-order valence-electron chi connectivity index (χ1n) is 18.3. The fourth-order valence-corrected chi connectivity index (χ4v) is 8.00. The molecular formula is C46H44O4. The van der Waals surface area contributed by atoms with E-state index >= 15 is 0 Å². The van der Waals surface area contributed by atoms with E-state index in [4.69, 9.17) is 4.74 Å². The molecule has 4 heteroatoms. The third kappa shape index (κ3) is 6.20. The summed E-state index contributed by atoms with van der Waals surface area (Å²) in [7, 11) is 0. The number of carboxylic acids is 1. The normalized spacial score (nSPS) is 11.6. The third-order valence-electron chi connectivity index (χ3n) is 10.5. The maximum absolute atomic E-state index is 12.1. The van der Waals surface area contributed by atoms with Crippen molar-refractivity contribution in [1.82, 2.24) is 0 Å². The number of unbranched alkanes of at least 4 members (excludes halogenated alkanes) is 6. The largest absolute Gasteiger partial charge is 0.478 e. The van der Waals surface area contributed by atoms with E-state index in [-0.39, 0.29) is 0 Å². The van der Waals surface area contributed by atoms with Gasteiger partial charge in [-0.3, -0.25) is 4.79 Å². The van der Waals surface area contributed by atoms with Gasteiger partial charge in [0.1, 0.15) is 5.75 Å². The van der Waals surface area contributed by atoms with Crippen molar-refractivity contribution in [2.75, 3.05) is 0 Å². The zero-order chi connectivity index (χ0) is 34.6. The summed E-state index contributed by atoms with van der Waals surface area (Å²) < 4.78 is 5.34. The molecule has 0 unspecified atom stereocenters. The predicted molar refractivity (Wildman–Crippen MR) is 208 cm³/mol. The summed E-state index contributed by atoms with van der Waals surface area (Å²) in [5.41, 5.74) is 7.09. The van der Waals surface area contributed by atoms with Gasteiger partial charge in [0, 0.05) is 0 Å². The summed E-state index contributed by atoms with van der Waals surface area (Å²) in [4.78, 5) is 23.4. The second kappa shape index (κ2) is 14.7. The van der Waals surface area contributed by atoms with Crippen LogP contribution < -0.4 is 4.74 Å². The minimum absolute atomic E-state index is 0.313. The Morgan fingerprint density at radius 2 is 1.06 bits per heavy atom. The van der Waals surface area contributed by atoms with Gasteiger partial charge in [-0.05, 0) is 126 Å². The molecule has 1 N–H and O–H groups in total. The second-order valence-corrected chi connectivity index (χ2v) is 13.6. The number of aromatic carboxylic acids is 1. The summed E-state index contributed by atoms with van der Waals surface area (Å²) in [5.74, 6) is -0.359. The summed E-state index contributed by atoms with van der Waals surface area (Å²) in [6, 6.07) is 33.7. The lowest BCUT2D eigenvalue weighted by Crippen LogP contribution is -2.00. The van der Waals surface area contributed by atoms with Crippen LogP contribution in [0.3, 0.4) is 0 Å². The number of benzene rings is 7. The minimum atomic E-state index is -0.907. The van der Waals surface area contributed by atoms with E-state index < -0.39 is 5.97 Å². The van der Waals surface area contributed by atoms with E-state index in [0.717, 1.165) is 59.7 Å². The van der Waals surface area contributed by atoms with E-state index in [1.165, 1.54) is 80.9 Å². The second-order valence-electron chi connectivity index (χ2n) is 13.6. The lowest BCUT2D eigenvalue weighted by molar-refractivity contribution is -0.120. The monoisotopic (exact) mass is 660 g/mol. The van der Waals surface area contributed by atoms with E-state index in [2.05, 4.69) is 80.6 Å². The number of ether oxygens (including phenoxy) is 1. The Morgan fingerprint density at radius 3 is 1.58 bits per heavy atom. The average Bonchev–Trinajstić information content (AvgIpc) is 3.14. The number of hydrogen-bond donors (Lipinski definition) is 1. The number of aryl methyl sites for hydroxylation is 2. The van der Waals surface area contributed by atoms with Crippen LogP contribution in [-0.4, -0.2) is 17.5 Å². The Bertz CT molecular complexity index is 2310. The molecule has 0 radical (unpaired) electrons. The van der Waals surface area contributed by atoms with Crippen molar-refractivity contribution < 1.29 is 19.4 Å². The molecule has 0 spiro atoms. The van der Waals surface area contributed by atoms with Crippen LogP contribution in [0.2, 0.25) is 0 Å². The maximum atomic E-state index is 12.1. The Kier molecular flexibility index (Phi) is 9.80. The maximum Gasteiger partial charge on any atom is 0.335 e. The molecule has 0 heterocycles. The fourth-order valence-electron chi connectivity index (χ4n) is 8.00. The van der Waals surface area contributed by atoms with E-state index in [9.17, 15) is 14.7 Å². The molecule has 0 amide bonds. The molecule has 252 valence electrons. The van der Waals surface area contributed by atoms with Crippen LogP contribution in [0.15, 0.2) is 97.1 Å². The number of hydrogen-bond acceptors (Lipinski definition) is 3. The van der Waals surface area contributed by atoms with Gasteiger partial charge < -0.3 is 9.84 Å². The van der Waals surface area contributed by atoms with E-state index in [0.29, 0.717) is 17.8 Å². The van der Waals surface area contributed by atoms with Gasteiger partial charge in [-0.1, -0.05) is 125 Å². The first-order chi connectivity index (χ1) is 24.5. The van der Waals surface area contributed by atoms with Gasteiger partial charge >= 0.3 is 5.97 Å². The Morgan fingerprint density at radius 1 is 0.560 bits per heavy atom. The van der Waals surface area contributed by atoms with Crippen molar-refractivity contribution in [3.05, 3.63) is 114 Å². The number of carbonyl (C=O) groups excluding carboxylic acids is 1. The number of carbonyl (C=O) groups is 2.